The maximum Gasteiger partial charge on any atom is 0.423 e. The topological polar surface area (TPSA) is 116 Å². The van der Waals surface area contributed by atoms with Gasteiger partial charge in [-0.2, -0.15) is 13.2 Å². The van der Waals surface area contributed by atoms with E-state index in [1.165, 1.54) is 13.8 Å². The lowest BCUT2D eigenvalue weighted by atomic mass is 10.0. The molecule has 0 aliphatic carbocycles. The van der Waals surface area contributed by atoms with Crippen LogP contribution in [-0.2, 0) is 11.0 Å². The fourth-order valence-corrected chi connectivity index (χ4v) is 1.92. The molecule has 0 saturated heterocycles. The normalized spacial score (nSPS) is 12.9. The van der Waals surface area contributed by atoms with Gasteiger partial charge in [0.15, 0.2) is 11.4 Å². The van der Waals surface area contributed by atoms with Crippen LogP contribution < -0.4 is 10.5 Å². The second-order valence-electron chi connectivity index (χ2n) is 6.10. The van der Waals surface area contributed by atoms with Crippen molar-refractivity contribution in [3.8, 4) is 5.75 Å². The molecule has 0 radical (unpaired) electrons. The van der Waals surface area contributed by atoms with Gasteiger partial charge in [-0.3, -0.25) is 14.9 Å². The third kappa shape index (κ3) is 7.59. The minimum absolute atomic E-state index is 0.0655. The molecule has 11 heteroatoms. The van der Waals surface area contributed by atoms with Gasteiger partial charge in [-0.1, -0.05) is 11.6 Å². The van der Waals surface area contributed by atoms with Crippen molar-refractivity contribution in [1.82, 2.24) is 0 Å². The number of nitrogen functional groups attached to an aromatic ring is 1. The predicted molar refractivity (Wildman–Crippen MR) is 101 cm³/mol. The third-order valence-electron chi connectivity index (χ3n) is 3.61. The highest BCUT2D eigenvalue weighted by molar-refractivity contribution is 6.30. The maximum atomic E-state index is 12.2. The molecule has 3 N–H and O–H groups in total. The highest BCUT2D eigenvalue weighted by Crippen LogP contribution is 2.36. The molecule has 0 aromatic heterocycles. The number of alkyl halides is 3. The van der Waals surface area contributed by atoms with Gasteiger partial charge in [0.2, 0.25) is 0 Å². The van der Waals surface area contributed by atoms with Crippen molar-refractivity contribution in [2.24, 2.45) is 0 Å². The summed E-state index contributed by atoms with van der Waals surface area (Å²) >= 11 is 5.69. The van der Waals surface area contributed by atoms with Gasteiger partial charge in [0.1, 0.15) is 17.9 Å². The number of hydrogen-bond acceptors (Lipinski definition) is 6. The fourth-order valence-electron chi connectivity index (χ4n) is 1.80. The van der Waals surface area contributed by atoms with Crippen LogP contribution in [-0.4, -0.2) is 28.0 Å². The molecule has 29 heavy (non-hydrogen) atoms. The number of carbonyl (C=O) groups is 1. The van der Waals surface area contributed by atoms with Crippen molar-refractivity contribution in [2.45, 2.75) is 25.6 Å². The largest absolute Gasteiger partial charge is 0.490 e. The molecule has 2 rings (SSSR count). The van der Waals surface area contributed by atoms with Crippen LogP contribution in [0.25, 0.3) is 0 Å². The summed E-state index contributed by atoms with van der Waals surface area (Å²) in [6.07, 6.45) is -4.77. The summed E-state index contributed by atoms with van der Waals surface area (Å²) in [6.45, 7) is 2.68. The Kier molecular flexibility index (Phi) is 7.98. The standard InChI is InChI=1S/C11H13ClO3.C7H5F3N2O2/c1-8(13)11(2,14)7-15-10-5-3-9(12)4-6-10;8-7(9,10)5-3-4(11)1-2-6(5)12(13)14/h3-6,14H,7H2,1-2H3;1-3H,11H2/t11-;/m0./s1. The number of nitrogens with two attached hydrogens (primary N) is 1. The van der Waals surface area contributed by atoms with Gasteiger partial charge < -0.3 is 15.6 Å². The molecule has 2 aromatic rings. The summed E-state index contributed by atoms with van der Waals surface area (Å²) in [5.41, 5.74) is 1.17. The summed E-state index contributed by atoms with van der Waals surface area (Å²) in [7, 11) is 0. The maximum absolute atomic E-state index is 12.2. The third-order valence-corrected chi connectivity index (χ3v) is 3.87. The minimum Gasteiger partial charge on any atom is -0.490 e. The van der Waals surface area contributed by atoms with E-state index in [9.17, 15) is 33.2 Å². The number of ether oxygens (including phenoxy) is 1. The Balaban J connectivity index is 0.000000291. The average molecular weight is 435 g/mol. The van der Waals surface area contributed by atoms with Crippen molar-refractivity contribution in [1.29, 1.82) is 0 Å². The van der Waals surface area contributed by atoms with Gasteiger partial charge in [0, 0.05) is 16.8 Å². The number of nitro benzene ring substituents is 1. The molecule has 0 saturated carbocycles. The molecule has 0 unspecified atom stereocenters. The molecule has 2 aromatic carbocycles. The van der Waals surface area contributed by atoms with Crippen LogP contribution >= 0.6 is 11.6 Å². The molecule has 0 spiro atoms. The van der Waals surface area contributed by atoms with E-state index in [1.54, 1.807) is 24.3 Å². The lowest BCUT2D eigenvalue weighted by Crippen LogP contribution is -2.39. The van der Waals surface area contributed by atoms with Crippen molar-refractivity contribution in [3.05, 3.63) is 63.2 Å². The van der Waals surface area contributed by atoms with E-state index in [0.29, 0.717) is 16.8 Å². The van der Waals surface area contributed by atoms with Crippen LogP contribution in [0.4, 0.5) is 24.5 Å². The summed E-state index contributed by atoms with van der Waals surface area (Å²) in [4.78, 5) is 20.1. The van der Waals surface area contributed by atoms with Gasteiger partial charge in [-0.05, 0) is 50.2 Å². The molecule has 0 amide bonds. The zero-order chi connectivity index (χ0) is 22.4. The van der Waals surface area contributed by atoms with Gasteiger partial charge in [-0.15, -0.1) is 0 Å². The molecule has 0 aliphatic rings. The predicted octanol–water partition coefficient (Wildman–Crippen LogP) is 4.25. The van der Waals surface area contributed by atoms with Gasteiger partial charge in [0.05, 0.1) is 4.92 Å². The van der Waals surface area contributed by atoms with Crippen LogP contribution in [0.15, 0.2) is 42.5 Å². The number of anilines is 1. The Hall–Kier alpha value is -2.85. The quantitative estimate of drug-likeness (QED) is 0.413. The van der Waals surface area contributed by atoms with Crippen LogP contribution in [0, 0.1) is 10.1 Å². The van der Waals surface area contributed by atoms with E-state index in [4.69, 9.17) is 22.1 Å². The van der Waals surface area contributed by atoms with E-state index in [1.807, 2.05) is 0 Å². The second kappa shape index (κ2) is 9.57. The number of carbonyl (C=O) groups excluding carboxylic acids is 1. The highest BCUT2D eigenvalue weighted by atomic mass is 35.5. The number of halogens is 4. The number of benzene rings is 2. The molecule has 158 valence electrons. The molecule has 0 heterocycles. The zero-order valence-electron chi connectivity index (χ0n) is 15.4. The van der Waals surface area contributed by atoms with Gasteiger partial charge >= 0.3 is 6.18 Å². The summed E-state index contributed by atoms with van der Waals surface area (Å²) in [6, 6.07) is 9.04. The van der Waals surface area contributed by atoms with Gasteiger partial charge in [-0.25, -0.2) is 0 Å². The summed E-state index contributed by atoms with van der Waals surface area (Å²) in [5.74, 6) is 0.248. The molecule has 0 aliphatic heterocycles. The Bertz CT molecular complexity index is 871. The van der Waals surface area contributed by atoms with E-state index in [0.717, 1.165) is 12.1 Å². The number of nitro groups is 1. The SMILES string of the molecule is CC(=O)[C@@](C)(O)COc1ccc(Cl)cc1.Nc1ccc([N+](=O)[O-])c(C(F)(F)F)c1. The van der Waals surface area contributed by atoms with Gasteiger partial charge in [0.25, 0.3) is 5.69 Å². The zero-order valence-corrected chi connectivity index (χ0v) is 16.1. The molecular weight excluding hydrogens is 417 g/mol. The van der Waals surface area contributed by atoms with Crippen LogP contribution in [0.3, 0.4) is 0 Å². The smallest absolute Gasteiger partial charge is 0.423 e. The fraction of sp³-hybridized carbons (Fsp3) is 0.278. The summed E-state index contributed by atoms with van der Waals surface area (Å²) in [5, 5.41) is 20.5. The first-order chi connectivity index (χ1) is 13.2. The lowest BCUT2D eigenvalue weighted by molar-refractivity contribution is -0.388. The van der Waals surface area contributed by atoms with Crippen molar-refractivity contribution in [2.75, 3.05) is 12.3 Å². The van der Waals surface area contributed by atoms with E-state index < -0.39 is 28.0 Å². The Morgan fingerprint density at radius 1 is 1.24 bits per heavy atom. The molecule has 1 atom stereocenters. The first kappa shape index (κ1) is 24.2. The van der Waals surface area contributed by atoms with Crippen LogP contribution in [0.2, 0.25) is 5.02 Å². The van der Waals surface area contributed by atoms with Crippen molar-refractivity contribution < 1.29 is 32.7 Å². The molecular formula is C18H18ClF3N2O5. The molecule has 7 nitrogen and oxygen atoms in total. The van der Waals surface area contributed by atoms with Crippen molar-refractivity contribution >= 4 is 28.8 Å². The monoisotopic (exact) mass is 434 g/mol. The van der Waals surface area contributed by atoms with E-state index in [2.05, 4.69) is 0 Å². The van der Waals surface area contributed by atoms with Crippen LogP contribution in [0.1, 0.15) is 19.4 Å². The van der Waals surface area contributed by atoms with Crippen LogP contribution in [0.5, 0.6) is 5.75 Å². The highest BCUT2D eigenvalue weighted by Gasteiger charge is 2.38. The van der Waals surface area contributed by atoms with E-state index in [-0.39, 0.29) is 18.1 Å². The lowest BCUT2D eigenvalue weighted by Gasteiger charge is -2.20. The Labute approximate surface area is 169 Å². The number of ketones is 1. The van der Waals surface area contributed by atoms with E-state index >= 15 is 0 Å². The number of Topliss-reactive ketones (excluding diaryl/α,β-unsaturated/α-hetero) is 1. The summed E-state index contributed by atoms with van der Waals surface area (Å²) < 4.78 is 41.9. The Morgan fingerprint density at radius 2 is 1.79 bits per heavy atom. The second-order valence-corrected chi connectivity index (χ2v) is 6.54. The first-order valence-corrected chi connectivity index (χ1v) is 8.34. The first-order valence-electron chi connectivity index (χ1n) is 7.97. The number of nitrogens with zero attached hydrogens (tertiary/aromatic N) is 1. The number of hydrogen-bond donors (Lipinski definition) is 2. The van der Waals surface area contributed by atoms with Crippen molar-refractivity contribution in [3.63, 3.8) is 0 Å². The molecule has 0 bridgehead atoms. The average Bonchev–Trinajstić information content (AvgIpc) is 2.60. The Morgan fingerprint density at radius 3 is 2.24 bits per heavy atom. The molecule has 0 fully saturated rings. The number of rotatable bonds is 5. The number of aliphatic hydroxyl groups is 1. The minimum atomic E-state index is -4.77.